The maximum Gasteiger partial charge on any atom is 0.488 e. The van der Waals surface area contributed by atoms with Crippen molar-refractivity contribution in [1.29, 1.82) is 0 Å². The van der Waals surface area contributed by atoms with Gasteiger partial charge in [-0.3, -0.25) is 42.0 Å². The van der Waals surface area contributed by atoms with E-state index in [0.717, 1.165) is 10.9 Å². The molecular formula is C20H30N10O15P3S+. The topological polar surface area (TPSA) is 377 Å². The normalized spacial score (nSPS) is 24.1. The number of nitrogens with one attached hydrogen (secondary N) is 2. The number of aliphatic hydroxyl groups is 2. The highest BCUT2D eigenvalue weighted by Gasteiger charge is 2.47. The van der Waals surface area contributed by atoms with Crippen molar-refractivity contribution in [2.75, 3.05) is 29.3 Å². The number of aromatic nitrogens is 8. The molecule has 0 amide bonds. The predicted molar refractivity (Wildman–Crippen MR) is 165 cm³/mol. The van der Waals surface area contributed by atoms with E-state index in [0.29, 0.717) is 0 Å². The predicted octanol–water partition coefficient (Wildman–Crippen LogP) is -3.00. The SMILES string of the molecule is Cn1c[n+](CCCS(=O)CP(=O)(O)OP(=O)(O)OP(=O)(O)OCC2OC(n3cnc4c(=O)[nH]c(N)nc43)C(O)C2O)c2nc(N)[nH]c(=O)c21. The summed E-state index contributed by atoms with van der Waals surface area (Å²) >= 11 is 0. The minimum Gasteiger partial charge on any atom is -0.387 e. The van der Waals surface area contributed by atoms with E-state index in [1.54, 1.807) is 7.05 Å². The molecule has 8 unspecified atom stereocenters. The molecule has 11 N–H and O–H groups in total. The van der Waals surface area contributed by atoms with Crippen LogP contribution in [0.1, 0.15) is 12.6 Å². The highest BCUT2D eigenvalue weighted by molar-refractivity contribution is 7.92. The summed E-state index contributed by atoms with van der Waals surface area (Å²) in [5.41, 5.74) is 8.91. The van der Waals surface area contributed by atoms with Crippen LogP contribution in [-0.4, -0.2) is 99.3 Å². The molecule has 0 aliphatic carbocycles. The molecule has 8 atom stereocenters. The standard InChI is InChI=1S/C20H29N10O15P3S/c1-28-7-29(15-11(28)17(34)27-20(22)25-15)3-2-4-49(41)8-46(35,36)44-48(39,40)45-47(37,38)42-5-9-12(31)13(32)18(43-9)30-6-23-10-14(30)24-19(21)26-16(10)33/h6-7,9,12-13,18,31-32H,2-5,8H2,1H3,(H8-,21,22,24,25,26,27,33,34,35,36,37,38,39,40)/p+1. The van der Waals surface area contributed by atoms with Crippen LogP contribution in [0, 0.1) is 0 Å². The van der Waals surface area contributed by atoms with Crippen LogP contribution in [0.15, 0.2) is 22.2 Å². The Balaban J connectivity index is 1.13. The maximum atomic E-state index is 12.5. The fraction of sp³-hybridized carbons (Fsp3) is 0.500. The van der Waals surface area contributed by atoms with Gasteiger partial charge in [0.1, 0.15) is 23.8 Å². The van der Waals surface area contributed by atoms with Crippen LogP contribution in [0.2, 0.25) is 0 Å². The Morgan fingerprint density at radius 2 is 1.71 bits per heavy atom. The van der Waals surface area contributed by atoms with Crippen molar-refractivity contribution < 1.29 is 65.2 Å². The van der Waals surface area contributed by atoms with E-state index in [1.807, 2.05) is 0 Å². The first-order chi connectivity index (χ1) is 22.8. The Morgan fingerprint density at radius 1 is 1.04 bits per heavy atom. The number of hydrogen-bond donors (Lipinski definition) is 9. The first kappa shape index (κ1) is 37.0. The van der Waals surface area contributed by atoms with Crippen LogP contribution >= 0.6 is 23.2 Å². The summed E-state index contributed by atoms with van der Waals surface area (Å²) in [6.45, 7) is -0.902. The summed E-state index contributed by atoms with van der Waals surface area (Å²) < 4.78 is 72.1. The zero-order chi connectivity index (χ0) is 36.1. The Hall–Kier alpha value is -3.22. The highest BCUT2D eigenvalue weighted by Crippen LogP contribution is 2.67. The Kier molecular flexibility index (Phi) is 10.5. The number of ether oxygens (including phenoxy) is 1. The lowest BCUT2D eigenvalue weighted by atomic mass is 10.1. The van der Waals surface area contributed by atoms with E-state index in [2.05, 4.69) is 38.1 Å². The van der Waals surface area contributed by atoms with Crippen molar-refractivity contribution in [2.24, 2.45) is 7.05 Å². The molecule has 1 fully saturated rings. The number of nitrogen functional groups attached to an aromatic ring is 2. The molecule has 1 aliphatic heterocycles. The summed E-state index contributed by atoms with van der Waals surface area (Å²) in [6, 6.07) is 0. The molecule has 0 spiro atoms. The smallest absolute Gasteiger partial charge is 0.387 e. The van der Waals surface area contributed by atoms with Gasteiger partial charge in [-0.2, -0.15) is 9.29 Å². The lowest BCUT2D eigenvalue weighted by Crippen LogP contribution is -2.34. The molecule has 29 heteroatoms. The number of phosphoric acid groups is 2. The zero-order valence-corrected chi connectivity index (χ0v) is 28.4. The monoisotopic (exact) mass is 775 g/mol. The molecule has 49 heavy (non-hydrogen) atoms. The van der Waals surface area contributed by atoms with E-state index in [1.165, 1.54) is 15.5 Å². The number of aromatic amines is 2. The maximum absolute atomic E-state index is 12.5. The van der Waals surface area contributed by atoms with Gasteiger partial charge in [0, 0.05) is 16.6 Å². The van der Waals surface area contributed by atoms with E-state index in [9.17, 15) is 52.4 Å². The van der Waals surface area contributed by atoms with Gasteiger partial charge in [0.15, 0.2) is 23.7 Å². The zero-order valence-electron chi connectivity index (χ0n) is 24.9. The molecule has 0 saturated carbocycles. The van der Waals surface area contributed by atoms with Gasteiger partial charge < -0.3 is 41.1 Å². The Morgan fingerprint density at radius 3 is 2.43 bits per heavy atom. The van der Waals surface area contributed by atoms with Crippen molar-refractivity contribution >= 4 is 68.3 Å². The fourth-order valence-electron chi connectivity index (χ4n) is 4.87. The summed E-state index contributed by atoms with van der Waals surface area (Å²) in [5, 5.41) is 20.9. The molecule has 1 saturated heterocycles. The number of imidazole rings is 2. The van der Waals surface area contributed by atoms with Gasteiger partial charge in [-0.1, -0.05) is 4.98 Å². The van der Waals surface area contributed by atoms with Gasteiger partial charge in [-0.05, 0) is 6.42 Å². The number of fused-ring (bicyclic) bond motifs is 2. The molecule has 270 valence electrons. The minimum atomic E-state index is -5.84. The second kappa shape index (κ2) is 13.8. The number of nitrogens with two attached hydrogens (primary N) is 2. The molecule has 1 aliphatic rings. The number of aryl methyl sites for hydroxylation is 2. The Labute approximate surface area is 274 Å². The summed E-state index contributed by atoms with van der Waals surface area (Å²) in [6.07, 6.45) is -3.86. The van der Waals surface area contributed by atoms with Gasteiger partial charge in [-0.25, -0.2) is 23.0 Å². The van der Waals surface area contributed by atoms with Gasteiger partial charge in [0.05, 0.1) is 26.5 Å². The quantitative estimate of drug-likeness (QED) is 0.0455. The molecule has 4 aromatic heterocycles. The van der Waals surface area contributed by atoms with Crippen LogP contribution in [0.4, 0.5) is 11.9 Å². The third-order valence-corrected chi connectivity index (χ3v) is 14.0. The molecular weight excluding hydrogens is 745 g/mol. The van der Waals surface area contributed by atoms with Crippen LogP contribution in [0.3, 0.4) is 0 Å². The molecule has 0 radical (unpaired) electrons. The van der Waals surface area contributed by atoms with Crippen molar-refractivity contribution in [1.82, 2.24) is 34.1 Å². The minimum absolute atomic E-state index is 0.113. The fourth-order valence-corrected chi connectivity index (χ4v) is 11.1. The number of anilines is 2. The second-order valence-electron chi connectivity index (χ2n) is 10.5. The number of H-pyrrole nitrogens is 2. The van der Waals surface area contributed by atoms with E-state index >= 15 is 0 Å². The average molecular weight is 776 g/mol. The molecule has 4 aromatic rings. The van der Waals surface area contributed by atoms with Crippen molar-refractivity contribution in [3.05, 3.63) is 33.4 Å². The largest absolute Gasteiger partial charge is 0.488 e. The summed E-state index contributed by atoms with van der Waals surface area (Å²) in [7, 11) is -17.2. The van der Waals surface area contributed by atoms with E-state index < -0.39 is 81.8 Å². The second-order valence-corrected chi connectivity index (χ2v) is 17.6. The first-order valence-corrected chi connectivity index (χ1v) is 19.9. The van der Waals surface area contributed by atoms with Crippen LogP contribution < -0.4 is 27.2 Å². The molecule has 5 heterocycles. The van der Waals surface area contributed by atoms with Crippen molar-refractivity contribution in [3.63, 3.8) is 0 Å². The summed E-state index contributed by atoms with van der Waals surface area (Å²) in [5.74, 6) is -0.646. The number of rotatable bonds is 14. The summed E-state index contributed by atoms with van der Waals surface area (Å²) in [4.78, 5) is 70.5. The van der Waals surface area contributed by atoms with Gasteiger partial charge in [-0.15, -0.1) is 0 Å². The van der Waals surface area contributed by atoms with Crippen LogP contribution in [0.25, 0.3) is 22.3 Å². The molecule has 5 rings (SSSR count). The number of aliphatic hydroxyl groups excluding tert-OH is 2. The number of hydrogen-bond acceptors (Lipinski definition) is 17. The van der Waals surface area contributed by atoms with Gasteiger partial charge in [0.2, 0.25) is 11.5 Å². The Bertz CT molecular complexity index is 2190. The van der Waals surface area contributed by atoms with Crippen molar-refractivity contribution in [3.8, 4) is 0 Å². The van der Waals surface area contributed by atoms with Gasteiger partial charge >= 0.3 is 28.9 Å². The highest BCUT2D eigenvalue weighted by atomic mass is 32.2. The van der Waals surface area contributed by atoms with Crippen LogP contribution in [-0.2, 0) is 56.0 Å². The molecule has 25 nitrogen and oxygen atoms in total. The number of nitrogens with zero attached hydrogens (tertiary/aromatic N) is 6. The molecule has 0 bridgehead atoms. The molecule has 0 aromatic carbocycles. The van der Waals surface area contributed by atoms with Crippen LogP contribution in [0.5, 0.6) is 0 Å². The lowest BCUT2D eigenvalue weighted by molar-refractivity contribution is -0.673. The van der Waals surface area contributed by atoms with Gasteiger partial charge in [0.25, 0.3) is 17.1 Å². The van der Waals surface area contributed by atoms with E-state index in [4.69, 9.17) is 16.2 Å². The average Bonchev–Trinajstić information content (AvgIpc) is 3.59. The lowest BCUT2D eigenvalue weighted by Gasteiger charge is -2.20. The van der Waals surface area contributed by atoms with Crippen molar-refractivity contribution in [2.45, 2.75) is 37.5 Å². The van der Waals surface area contributed by atoms with E-state index in [-0.39, 0.29) is 52.9 Å². The number of phosphoric ester groups is 1. The third kappa shape index (κ3) is 8.40. The first-order valence-electron chi connectivity index (χ1n) is 13.6. The third-order valence-electron chi connectivity index (χ3n) is 6.81.